The predicted octanol–water partition coefficient (Wildman–Crippen LogP) is 3.23. The minimum atomic E-state index is -1.00. The van der Waals surface area contributed by atoms with Crippen LogP contribution in [0.15, 0.2) is 42.7 Å². The van der Waals surface area contributed by atoms with Gasteiger partial charge >= 0.3 is 5.97 Å². The van der Waals surface area contributed by atoms with E-state index in [4.69, 9.17) is 21.4 Å². The van der Waals surface area contributed by atoms with E-state index in [1.807, 2.05) is 0 Å². The molecule has 0 saturated heterocycles. The number of hydrogen-bond acceptors (Lipinski definition) is 3. The normalized spacial score (nSPS) is 9.94. The molecule has 2 rings (SSSR count). The van der Waals surface area contributed by atoms with Gasteiger partial charge < -0.3 is 9.84 Å². The van der Waals surface area contributed by atoms with E-state index in [1.165, 1.54) is 18.3 Å². The molecule has 0 bridgehead atoms. The fraction of sp³-hybridized carbons (Fsp3) is 0. The van der Waals surface area contributed by atoms with E-state index in [-0.39, 0.29) is 5.56 Å². The number of rotatable bonds is 3. The van der Waals surface area contributed by atoms with Gasteiger partial charge in [-0.05, 0) is 18.2 Å². The average molecular weight is 250 g/mol. The summed E-state index contributed by atoms with van der Waals surface area (Å²) in [6, 6.07) is 7.79. The first kappa shape index (κ1) is 11.4. The maximum atomic E-state index is 10.8. The number of hydrogen-bond donors (Lipinski definition) is 1. The third kappa shape index (κ3) is 2.73. The van der Waals surface area contributed by atoms with Gasteiger partial charge in [0.2, 0.25) is 0 Å². The molecular formula is C12H8ClNO3. The van der Waals surface area contributed by atoms with Gasteiger partial charge in [-0.3, -0.25) is 4.98 Å². The van der Waals surface area contributed by atoms with Gasteiger partial charge in [0.15, 0.2) is 0 Å². The molecule has 0 fully saturated rings. The van der Waals surface area contributed by atoms with Crippen molar-refractivity contribution in [2.45, 2.75) is 0 Å². The van der Waals surface area contributed by atoms with Crippen molar-refractivity contribution >= 4 is 17.6 Å². The van der Waals surface area contributed by atoms with Crippen LogP contribution in [0.2, 0.25) is 5.02 Å². The highest BCUT2D eigenvalue weighted by atomic mass is 35.5. The summed E-state index contributed by atoms with van der Waals surface area (Å²) in [4.78, 5) is 14.6. The van der Waals surface area contributed by atoms with E-state index < -0.39 is 5.97 Å². The van der Waals surface area contributed by atoms with Crippen LogP contribution in [0.1, 0.15) is 10.4 Å². The Bertz CT molecular complexity index is 557. The van der Waals surface area contributed by atoms with Crippen molar-refractivity contribution in [2.75, 3.05) is 0 Å². The van der Waals surface area contributed by atoms with Crippen molar-refractivity contribution in [1.29, 1.82) is 0 Å². The van der Waals surface area contributed by atoms with Gasteiger partial charge in [0.05, 0.1) is 5.56 Å². The third-order valence-corrected chi connectivity index (χ3v) is 2.33. The van der Waals surface area contributed by atoms with Gasteiger partial charge in [-0.2, -0.15) is 0 Å². The fourth-order valence-electron chi connectivity index (χ4n) is 1.26. The lowest BCUT2D eigenvalue weighted by atomic mass is 10.2. The van der Waals surface area contributed by atoms with Crippen LogP contribution in [-0.2, 0) is 0 Å². The smallest absolute Gasteiger partial charge is 0.335 e. The minimum absolute atomic E-state index is 0.160. The number of benzene rings is 1. The SMILES string of the molecule is O=C(O)c1cccc(Oc2ccncc2Cl)c1. The van der Waals surface area contributed by atoms with Crippen LogP contribution in [0.5, 0.6) is 11.5 Å². The molecule has 0 radical (unpaired) electrons. The van der Waals surface area contributed by atoms with Crippen molar-refractivity contribution in [1.82, 2.24) is 4.98 Å². The van der Waals surface area contributed by atoms with E-state index in [0.29, 0.717) is 16.5 Å². The molecule has 0 aliphatic carbocycles. The number of halogens is 1. The maximum Gasteiger partial charge on any atom is 0.335 e. The predicted molar refractivity (Wildman–Crippen MR) is 62.7 cm³/mol. The summed E-state index contributed by atoms with van der Waals surface area (Å²) in [6.45, 7) is 0. The Hall–Kier alpha value is -2.07. The molecule has 5 heteroatoms. The van der Waals surface area contributed by atoms with E-state index in [1.54, 1.807) is 24.4 Å². The van der Waals surface area contributed by atoms with Crippen molar-refractivity contribution < 1.29 is 14.6 Å². The highest BCUT2D eigenvalue weighted by Crippen LogP contribution is 2.28. The Kier molecular flexibility index (Phi) is 3.25. The Morgan fingerprint density at radius 2 is 2.18 bits per heavy atom. The van der Waals surface area contributed by atoms with Crippen LogP contribution in [0.25, 0.3) is 0 Å². The van der Waals surface area contributed by atoms with Crippen molar-refractivity contribution in [3.8, 4) is 11.5 Å². The largest absolute Gasteiger partial charge is 0.478 e. The Labute approximate surface area is 102 Å². The number of aromatic carboxylic acids is 1. The lowest BCUT2D eigenvalue weighted by Gasteiger charge is -2.07. The van der Waals surface area contributed by atoms with Gasteiger partial charge in [-0.1, -0.05) is 17.7 Å². The van der Waals surface area contributed by atoms with Crippen LogP contribution in [-0.4, -0.2) is 16.1 Å². The molecule has 17 heavy (non-hydrogen) atoms. The molecular weight excluding hydrogens is 242 g/mol. The maximum absolute atomic E-state index is 10.8. The summed E-state index contributed by atoms with van der Waals surface area (Å²) < 4.78 is 5.46. The number of carboxylic acid groups (broad SMARTS) is 1. The van der Waals surface area contributed by atoms with Crippen LogP contribution >= 0.6 is 11.6 Å². The molecule has 0 aliphatic rings. The molecule has 1 aromatic carbocycles. The van der Waals surface area contributed by atoms with Crippen molar-refractivity contribution in [3.05, 3.63) is 53.3 Å². The van der Waals surface area contributed by atoms with Crippen LogP contribution in [0, 0.1) is 0 Å². The topological polar surface area (TPSA) is 59.4 Å². The van der Waals surface area contributed by atoms with E-state index >= 15 is 0 Å². The standard InChI is InChI=1S/C12H8ClNO3/c13-10-7-14-5-4-11(10)17-9-3-1-2-8(6-9)12(15)16/h1-7H,(H,15,16). The summed E-state index contributed by atoms with van der Waals surface area (Å²) in [6.07, 6.45) is 3.00. The van der Waals surface area contributed by atoms with Crippen LogP contribution < -0.4 is 4.74 Å². The highest BCUT2D eigenvalue weighted by Gasteiger charge is 2.06. The first-order valence-electron chi connectivity index (χ1n) is 4.77. The second-order valence-electron chi connectivity index (χ2n) is 3.24. The highest BCUT2D eigenvalue weighted by molar-refractivity contribution is 6.31. The Balaban J connectivity index is 2.28. The number of aromatic nitrogens is 1. The van der Waals surface area contributed by atoms with Gasteiger partial charge in [0.25, 0.3) is 0 Å². The number of carboxylic acids is 1. The fourth-order valence-corrected chi connectivity index (χ4v) is 1.42. The zero-order valence-corrected chi connectivity index (χ0v) is 9.39. The second-order valence-corrected chi connectivity index (χ2v) is 3.65. The average Bonchev–Trinajstić information content (AvgIpc) is 2.32. The molecule has 0 unspecified atom stereocenters. The molecule has 1 heterocycles. The summed E-state index contributed by atoms with van der Waals surface area (Å²) in [7, 11) is 0. The summed E-state index contributed by atoms with van der Waals surface area (Å²) >= 11 is 5.87. The molecule has 86 valence electrons. The summed E-state index contributed by atoms with van der Waals surface area (Å²) in [5.41, 5.74) is 0.160. The van der Waals surface area contributed by atoms with Crippen molar-refractivity contribution in [2.24, 2.45) is 0 Å². The summed E-state index contributed by atoms with van der Waals surface area (Å²) in [5.74, 6) is -0.154. The number of ether oxygens (including phenoxy) is 1. The molecule has 1 aromatic heterocycles. The zero-order valence-electron chi connectivity index (χ0n) is 8.63. The molecule has 4 nitrogen and oxygen atoms in total. The summed E-state index contributed by atoms with van der Waals surface area (Å²) in [5, 5.41) is 9.21. The molecule has 0 aliphatic heterocycles. The first-order valence-corrected chi connectivity index (χ1v) is 5.15. The van der Waals surface area contributed by atoms with E-state index in [2.05, 4.69) is 4.98 Å². The van der Waals surface area contributed by atoms with E-state index in [9.17, 15) is 4.79 Å². The number of pyridine rings is 1. The second kappa shape index (κ2) is 4.84. The molecule has 0 saturated carbocycles. The molecule has 0 spiro atoms. The van der Waals surface area contributed by atoms with Crippen LogP contribution in [0.4, 0.5) is 0 Å². The van der Waals surface area contributed by atoms with Gasteiger partial charge in [0.1, 0.15) is 16.5 Å². The van der Waals surface area contributed by atoms with Gasteiger partial charge in [-0.15, -0.1) is 0 Å². The van der Waals surface area contributed by atoms with Gasteiger partial charge in [-0.25, -0.2) is 4.79 Å². The molecule has 0 atom stereocenters. The molecule has 0 amide bonds. The van der Waals surface area contributed by atoms with Crippen molar-refractivity contribution in [3.63, 3.8) is 0 Å². The number of carbonyl (C=O) groups is 1. The monoisotopic (exact) mass is 249 g/mol. The lowest BCUT2D eigenvalue weighted by Crippen LogP contribution is -1.96. The van der Waals surface area contributed by atoms with E-state index in [0.717, 1.165) is 0 Å². The van der Waals surface area contributed by atoms with Crippen LogP contribution in [0.3, 0.4) is 0 Å². The quantitative estimate of drug-likeness (QED) is 0.907. The first-order chi connectivity index (χ1) is 8.16. The molecule has 2 aromatic rings. The molecule has 1 N–H and O–H groups in total. The Morgan fingerprint density at radius 3 is 2.88 bits per heavy atom. The number of nitrogens with zero attached hydrogens (tertiary/aromatic N) is 1. The minimum Gasteiger partial charge on any atom is -0.478 e. The zero-order chi connectivity index (χ0) is 12.3. The Morgan fingerprint density at radius 1 is 1.35 bits per heavy atom. The lowest BCUT2D eigenvalue weighted by molar-refractivity contribution is 0.0696. The third-order valence-electron chi connectivity index (χ3n) is 2.04. The van der Waals surface area contributed by atoms with Gasteiger partial charge in [0, 0.05) is 18.5 Å².